The van der Waals surface area contributed by atoms with Crippen LogP contribution in [0.1, 0.15) is 46.5 Å². The third kappa shape index (κ3) is 4.91. The molecule has 4 rings (SSSR count). The van der Waals surface area contributed by atoms with Crippen molar-refractivity contribution in [1.29, 1.82) is 0 Å². The highest BCUT2D eigenvalue weighted by Gasteiger charge is 2.33. The molecule has 0 aliphatic heterocycles. The molecule has 0 saturated heterocycles. The summed E-state index contributed by atoms with van der Waals surface area (Å²) in [5.74, 6) is 1.77. The number of nitrogens with zero attached hydrogens (tertiary/aromatic N) is 4. The van der Waals surface area contributed by atoms with Gasteiger partial charge in [-0.25, -0.2) is 9.97 Å². The second kappa shape index (κ2) is 9.80. The van der Waals surface area contributed by atoms with Gasteiger partial charge < -0.3 is 9.83 Å². The Labute approximate surface area is 203 Å². The number of hydrogen-bond donors (Lipinski definition) is 1. The van der Waals surface area contributed by atoms with Crippen LogP contribution in [0, 0.1) is 19.8 Å². The maximum atomic E-state index is 10.5. The Morgan fingerprint density at radius 1 is 1.15 bits per heavy atom. The number of rotatable bonds is 6. The molecule has 2 unspecified atom stereocenters. The lowest BCUT2D eigenvalue weighted by Crippen LogP contribution is -2.38. The Hall–Kier alpha value is -2.47. The van der Waals surface area contributed by atoms with Crippen LogP contribution in [-0.2, 0) is 19.2 Å². The quantitative estimate of drug-likeness (QED) is 0.340. The van der Waals surface area contributed by atoms with E-state index in [0.717, 1.165) is 41.9 Å². The van der Waals surface area contributed by atoms with E-state index < -0.39 is 0 Å². The van der Waals surface area contributed by atoms with E-state index in [1.807, 2.05) is 6.26 Å². The van der Waals surface area contributed by atoms with E-state index in [-0.39, 0.29) is 11.8 Å². The van der Waals surface area contributed by atoms with E-state index in [1.54, 1.807) is 0 Å². The molecule has 0 fully saturated rings. The highest BCUT2D eigenvalue weighted by molar-refractivity contribution is 7.98. The van der Waals surface area contributed by atoms with Gasteiger partial charge in [0.2, 0.25) is 20.7 Å². The van der Waals surface area contributed by atoms with Crippen LogP contribution in [0.5, 0.6) is 5.88 Å². The molecule has 0 amide bonds. The molecule has 0 spiro atoms. The van der Waals surface area contributed by atoms with Gasteiger partial charge >= 0.3 is 0 Å². The molecule has 2 heterocycles. The van der Waals surface area contributed by atoms with E-state index in [9.17, 15) is 5.11 Å². The van der Waals surface area contributed by atoms with Crippen molar-refractivity contribution in [2.45, 2.75) is 57.8 Å². The van der Waals surface area contributed by atoms with Crippen molar-refractivity contribution < 1.29 is 5.11 Å². The number of pyridine rings is 1. The minimum Gasteiger partial charge on any atom is -0.493 e. The molecule has 1 aliphatic rings. The Morgan fingerprint density at radius 2 is 1.88 bits per heavy atom. The number of thioether (sulfide) groups is 1. The van der Waals surface area contributed by atoms with Gasteiger partial charge in [0.05, 0.1) is 5.69 Å². The molecule has 1 aromatic carbocycles. The minimum absolute atomic E-state index is 0.138. The molecule has 0 saturated carbocycles. The van der Waals surface area contributed by atoms with Crippen LogP contribution < -0.4 is 4.72 Å². The second-order valence-electron chi connectivity index (χ2n) is 9.41. The number of aromatic nitrogens is 3. The SMILES string of the molecule is BN(B(C)Cc1ccccc1)c1cc(C)c(C)c(C2Cc3nc(SC)nc(O)c3CC2C)n1. The van der Waals surface area contributed by atoms with Gasteiger partial charge in [0.15, 0.2) is 5.16 Å². The normalized spacial score (nSPS) is 17.5. The lowest BCUT2D eigenvalue weighted by Gasteiger charge is -2.33. The fourth-order valence-electron chi connectivity index (χ4n) is 4.81. The Balaban J connectivity index is 1.65. The first-order chi connectivity index (χ1) is 15.8. The number of anilines is 1. The number of benzene rings is 1. The van der Waals surface area contributed by atoms with Crippen LogP contribution in [0.25, 0.3) is 0 Å². The zero-order valence-electron chi connectivity index (χ0n) is 20.5. The topological polar surface area (TPSA) is 62.1 Å². The van der Waals surface area contributed by atoms with Crippen molar-refractivity contribution in [3.05, 3.63) is 70.0 Å². The lowest BCUT2D eigenvalue weighted by atomic mass is 9.56. The summed E-state index contributed by atoms with van der Waals surface area (Å²) in [6.45, 7) is 9.20. The molecular formula is C25H32B2N4OS. The molecule has 33 heavy (non-hydrogen) atoms. The molecule has 2 aromatic heterocycles. The van der Waals surface area contributed by atoms with Crippen molar-refractivity contribution in [3.63, 3.8) is 0 Å². The monoisotopic (exact) mass is 458 g/mol. The third-order valence-corrected chi connectivity index (χ3v) is 7.71. The smallest absolute Gasteiger partial charge is 0.243 e. The summed E-state index contributed by atoms with van der Waals surface area (Å²) in [4.78, 5) is 14.2. The molecular weight excluding hydrogens is 426 g/mol. The van der Waals surface area contributed by atoms with Crippen molar-refractivity contribution in [2.75, 3.05) is 11.0 Å². The summed E-state index contributed by atoms with van der Waals surface area (Å²) in [5, 5.41) is 11.1. The summed E-state index contributed by atoms with van der Waals surface area (Å²) in [6.07, 6.45) is 4.46. The average molecular weight is 458 g/mol. The lowest BCUT2D eigenvalue weighted by molar-refractivity contribution is 0.378. The van der Waals surface area contributed by atoms with Gasteiger partial charge in [0.1, 0.15) is 5.82 Å². The zero-order valence-corrected chi connectivity index (χ0v) is 21.3. The predicted molar refractivity (Wildman–Crippen MR) is 141 cm³/mol. The van der Waals surface area contributed by atoms with Crippen LogP contribution >= 0.6 is 11.8 Å². The highest BCUT2D eigenvalue weighted by atomic mass is 32.2. The molecule has 1 N–H and O–H groups in total. The molecule has 0 radical (unpaired) electrons. The van der Waals surface area contributed by atoms with Gasteiger partial charge in [-0.2, -0.15) is 4.98 Å². The maximum absolute atomic E-state index is 10.5. The van der Waals surface area contributed by atoms with Crippen LogP contribution in [0.2, 0.25) is 6.82 Å². The van der Waals surface area contributed by atoms with Crippen LogP contribution in [0.4, 0.5) is 5.82 Å². The van der Waals surface area contributed by atoms with Crippen molar-refractivity contribution >= 4 is 32.4 Å². The predicted octanol–water partition coefficient (Wildman–Crippen LogP) is 4.19. The van der Waals surface area contributed by atoms with E-state index in [4.69, 9.17) is 9.97 Å². The van der Waals surface area contributed by atoms with Gasteiger partial charge in [0.25, 0.3) is 0 Å². The minimum atomic E-state index is 0.138. The highest BCUT2D eigenvalue weighted by Crippen LogP contribution is 2.40. The molecule has 1 aliphatic carbocycles. The summed E-state index contributed by atoms with van der Waals surface area (Å²) in [6, 6.07) is 12.8. The Bertz CT molecular complexity index is 1140. The van der Waals surface area contributed by atoms with E-state index >= 15 is 0 Å². The van der Waals surface area contributed by atoms with Gasteiger partial charge in [-0.05, 0) is 62.4 Å². The van der Waals surface area contributed by atoms with Gasteiger partial charge in [0, 0.05) is 17.2 Å². The van der Waals surface area contributed by atoms with Gasteiger partial charge in [-0.3, -0.25) is 0 Å². The molecule has 5 nitrogen and oxygen atoms in total. The first kappa shape index (κ1) is 23.7. The first-order valence-electron chi connectivity index (χ1n) is 11.7. The molecule has 170 valence electrons. The van der Waals surface area contributed by atoms with Crippen LogP contribution in [0.15, 0.2) is 41.6 Å². The summed E-state index contributed by atoms with van der Waals surface area (Å²) in [5.41, 5.74) is 6.88. The Kier molecular flexibility index (Phi) is 7.03. The standard InChI is InChI=1S/C25H32B2N4OS/c1-15-12-22(31(26)27(4)14-18-9-7-6-8-10-18)29-23(17(15)3)19-13-21-20(11-16(19)2)24(32)30-25(28-21)33-5/h6-10,12,16,19H,11,13-14,26H2,1-5H3,(H,28,30,32). The van der Waals surface area contributed by atoms with Crippen molar-refractivity contribution in [3.8, 4) is 5.88 Å². The molecule has 0 bridgehead atoms. The fraction of sp³-hybridized carbons (Fsp3) is 0.400. The van der Waals surface area contributed by atoms with E-state index in [0.29, 0.717) is 17.9 Å². The van der Waals surface area contributed by atoms with E-state index in [2.05, 4.69) is 81.7 Å². The number of aromatic hydroxyl groups is 1. The van der Waals surface area contributed by atoms with Crippen molar-refractivity contribution in [2.24, 2.45) is 5.92 Å². The summed E-state index contributed by atoms with van der Waals surface area (Å²) < 4.78 is 2.30. The van der Waals surface area contributed by atoms with E-state index in [1.165, 1.54) is 28.5 Å². The number of hydrogen-bond acceptors (Lipinski definition) is 6. The largest absolute Gasteiger partial charge is 0.493 e. The van der Waals surface area contributed by atoms with Crippen molar-refractivity contribution in [1.82, 2.24) is 15.0 Å². The maximum Gasteiger partial charge on any atom is 0.243 e. The third-order valence-electron chi connectivity index (χ3n) is 7.16. The van der Waals surface area contributed by atoms with Gasteiger partial charge in [-0.15, -0.1) is 0 Å². The molecule has 8 heteroatoms. The molecule has 3 aromatic rings. The average Bonchev–Trinajstić information content (AvgIpc) is 2.81. The second-order valence-corrected chi connectivity index (χ2v) is 10.2. The van der Waals surface area contributed by atoms with Gasteiger partial charge in [-0.1, -0.05) is 61.4 Å². The zero-order chi connectivity index (χ0) is 23.7. The van der Waals surface area contributed by atoms with Crippen LogP contribution in [0.3, 0.4) is 0 Å². The summed E-state index contributed by atoms with van der Waals surface area (Å²) >= 11 is 1.46. The fourth-order valence-corrected chi connectivity index (χ4v) is 5.19. The molecule has 2 atom stereocenters. The first-order valence-corrected chi connectivity index (χ1v) is 12.9. The van der Waals surface area contributed by atoms with Crippen LogP contribution in [-0.4, -0.2) is 41.1 Å². The summed E-state index contributed by atoms with van der Waals surface area (Å²) in [7, 11) is 2.14. The Morgan fingerprint density at radius 3 is 2.58 bits per heavy atom. The number of fused-ring (bicyclic) bond motifs is 1. The number of aryl methyl sites for hydroxylation is 1.